The van der Waals surface area contributed by atoms with Gasteiger partial charge in [-0.15, -0.1) is 0 Å². The van der Waals surface area contributed by atoms with Crippen molar-refractivity contribution >= 4 is 44.7 Å². The number of amidine groups is 1. The largest absolute Gasteiger partial charge is 0.458 e. The molecule has 0 aromatic heterocycles. The number of nitrogens with zero attached hydrogens (tertiary/aromatic N) is 2. The third-order valence-electron chi connectivity index (χ3n) is 3.97. The highest BCUT2D eigenvalue weighted by molar-refractivity contribution is 9.10. The van der Waals surface area contributed by atoms with Gasteiger partial charge in [0.2, 0.25) is 5.91 Å². The molecule has 2 heterocycles. The second-order valence-electron chi connectivity index (χ2n) is 5.71. The van der Waals surface area contributed by atoms with Crippen molar-refractivity contribution < 1.29 is 14.3 Å². The summed E-state index contributed by atoms with van der Waals surface area (Å²) in [6, 6.07) is 7.03. The summed E-state index contributed by atoms with van der Waals surface area (Å²) >= 11 is 4.87. The Bertz CT molecular complexity index is 818. The number of halogens is 1. The number of carbonyl (C=O) groups excluding carboxylic acids is 2. The SMILES string of the molecule is C=CCOC(=O)C1=C(C)N=C2S[C@H](C)C(=O)N2[C@H]1c1cccc(Br)c1. The zero-order chi connectivity index (χ0) is 18.1. The molecule has 0 unspecified atom stereocenters. The highest BCUT2D eigenvalue weighted by atomic mass is 79.9. The molecule has 2 aliphatic rings. The molecule has 0 bridgehead atoms. The van der Waals surface area contributed by atoms with E-state index in [1.54, 1.807) is 11.8 Å². The van der Waals surface area contributed by atoms with E-state index in [0.29, 0.717) is 16.4 Å². The summed E-state index contributed by atoms with van der Waals surface area (Å²) in [5.41, 5.74) is 1.78. The zero-order valence-electron chi connectivity index (χ0n) is 13.9. The Morgan fingerprint density at radius 1 is 1.52 bits per heavy atom. The molecule has 7 heteroatoms. The van der Waals surface area contributed by atoms with Gasteiger partial charge in [0.25, 0.3) is 0 Å². The van der Waals surface area contributed by atoms with Crippen molar-refractivity contribution in [3.63, 3.8) is 0 Å². The molecule has 2 atom stereocenters. The maximum Gasteiger partial charge on any atom is 0.338 e. The minimum atomic E-state index is -0.549. The molecule has 0 radical (unpaired) electrons. The molecule has 25 heavy (non-hydrogen) atoms. The van der Waals surface area contributed by atoms with Crippen molar-refractivity contribution in [2.75, 3.05) is 6.61 Å². The number of aliphatic imine (C=N–C) groups is 1. The lowest BCUT2D eigenvalue weighted by molar-refractivity contribution is -0.139. The number of allylic oxidation sites excluding steroid dienone is 1. The molecule has 5 nitrogen and oxygen atoms in total. The fraction of sp³-hybridized carbons (Fsp3) is 0.278. The van der Waals surface area contributed by atoms with Crippen LogP contribution < -0.4 is 0 Å². The first-order chi connectivity index (χ1) is 11.9. The lowest BCUT2D eigenvalue weighted by Crippen LogP contribution is -2.40. The van der Waals surface area contributed by atoms with Crippen LogP contribution in [0.3, 0.4) is 0 Å². The average Bonchev–Trinajstić information content (AvgIpc) is 2.85. The molecule has 0 aliphatic carbocycles. The molecule has 1 saturated heterocycles. The number of rotatable bonds is 4. The number of amides is 1. The molecule has 1 fully saturated rings. The van der Waals surface area contributed by atoms with Crippen LogP contribution in [-0.2, 0) is 14.3 Å². The summed E-state index contributed by atoms with van der Waals surface area (Å²) in [7, 11) is 0. The molecular weight excluding hydrogens is 404 g/mol. The number of hydrogen-bond acceptors (Lipinski definition) is 5. The molecule has 0 spiro atoms. The van der Waals surface area contributed by atoms with E-state index in [0.717, 1.165) is 10.0 Å². The predicted octanol–water partition coefficient (Wildman–Crippen LogP) is 3.83. The van der Waals surface area contributed by atoms with Crippen molar-refractivity contribution in [3.05, 3.63) is 58.2 Å². The van der Waals surface area contributed by atoms with Crippen molar-refractivity contribution in [3.8, 4) is 0 Å². The summed E-state index contributed by atoms with van der Waals surface area (Å²) in [6.45, 7) is 7.29. The van der Waals surface area contributed by atoms with Gasteiger partial charge in [-0.3, -0.25) is 9.69 Å². The standard InChI is InChI=1S/C18H17BrN2O3S/c1-4-8-24-17(23)14-10(2)20-18-21(16(22)11(3)25-18)15(14)12-6-5-7-13(19)9-12/h4-7,9,11,15H,1,8H2,2-3H3/t11-,15+/m1/s1. The average molecular weight is 421 g/mol. The van der Waals surface area contributed by atoms with Crippen LogP contribution in [-0.4, -0.2) is 33.8 Å². The van der Waals surface area contributed by atoms with Crippen LogP contribution in [0.25, 0.3) is 0 Å². The molecule has 3 rings (SSSR count). The van der Waals surface area contributed by atoms with Crippen LogP contribution in [0.5, 0.6) is 0 Å². The van der Waals surface area contributed by atoms with Crippen molar-refractivity contribution in [2.24, 2.45) is 4.99 Å². The van der Waals surface area contributed by atoms with E-state index >= 15 is 0 Å². The van der Waals surface area contributed by atoms with Crippen LogP contribution in [0.15, 0.2) is 57.7 Å². The first-order valence-corrected chi connectivity index (χ1v) is 9.44. The predicted molar refractivity (Wildman–Crippen MR) is 102 cm³/mol. The third kappa shape index (κ3) is 3.30. The fourth-order valence-corrected chi connectivity index (χ4v) is 4.31. The second-order valence-corrected chi connectivity index (χ2v) is 7.93. The molecular formula is C18H17BrN2O3S. The number of benzene rings is 1. The number of fused-ring (bicyclic) bond motifs is 1. The van der Waals surface area contributed by atoms with E-state index in [1.165, 1.54) is 17.8 Å². The first-order valence-electron chi connectivity index (χ1n) is 7.76. The van der Waals surface area contributed by atoms with Gasteiger partial charge in [0.1, 0.15) is 6.61 Å². The van der Waals surface area contributed by atoms with Gasteiger partial charge in [0, 0.05) is 4.47 Å². The van der Waals surface area contributed by atoms with Crippen molar-refractivity contribution in [2.45, 2.75) is 25.1 Å². The van der Waals surface area contributed by atoms with Gasteiger partial charge in [-0.25, -0.2) is 9.79 Å². The zero-order valence-corrected chi connectivity index (χ0v) is 16.3. The number of esters is 1. The van der Waals surface area contributed by atoms with E-state index in [2.05, 4.69) is 27.5 Å². The van der Waals surface area contributed by atoms with Gasteiger partial charge < -0.3 is 4.74 Å². The fourth-order valence-electron chi connectivity index (χ4n) is 2.87. The number of thioether (sulfide) groups is 1. The Kier molecular flexibility index (Phi) is 5.15. The number of hydrogen-bond donors (Lipinski definition) is 0. The van der Waals surface area contributed by atoms with Gasteiger partial charge in [0.05, 0.1) is 22.6 Å². The molecule has 0 N–H and O–H groups in total. The first kappa shape index (κ1) is 17.9. The van der Waals surface area contributed by atoms with Gasteiger partial charge in [-0.1, -0.05) is 52.5 Å². The topological polar surface area (TPSA) is 59.0 Å². The maximum absolute atomic E-state index is 12.7. The molecule has 1 amide bonds. The third-order valence-corrected chi connectivity index (χ3v) is 5.52. The highest BCUT2D eigenvalue weighted by Gasteiger charge is 2.46. The van der Waals surface area contributed by atoms with Crippen LogP contribution in [0.1, 0.15) is 25.5 Å². The van der Waals surface area contributed by atoms with Crippen molar-refractivity contribution in [1.29, 1.82) is 0 Å². The van der Waals surface area contributed by atoms with Gasteiger partial charge >= 0.3 is 5.97 Å². The molecule has 1 aromatic rings. The Balaban J connectivity index is 2.13. The van der Waals surface area contributed by atoms with Crippen LogP contribution in [0.2, 0.25) is 0 Å². The molecule has 0 saturated carbocycles. The monoisotopic (exact) mass is 420 g/mol. The Labute approximate surface area is 159 Å². The minimum Gasteiger partial charge on any atom is -0.458 e. The minimum absolute atomic E-state index is 0.0600. The Morgan fingerprint density at radius 3 is 2.96 bits per heavy atom. The number of ether oxygens (including phenoxy) is 1. The lowest BCUT2D eigenvalue weighted by Gasteiger charge is -2.33. The van der Waals surface area contributed by atoms with Gasteiger partial charge in [0.15, 0.2) is 5.17 Å². The Hall–Kier alpha value is -1.86. The highest BCUT2D eigenvalue weighted by Crippen LogP contribution is 2.43. The summed E-state index contributed by atoms with van der Waals surface area (Å²) < 4.78 is 6.13. The molecule has 2 aliphatic heterocycles. The van der Waals surface area contributed by atoms with Gasteiger partial charge in [-0.2, -0.15) is 0 Å². The van der Waals surface area contributed by atoms with E-state index in [1.807, 2.05) is 31.2 Å². The van der Waals surface area contributed by atoms with E-state index in [4.69, 9.17) is 4.74 Å². The second kappa shape index (κ2) is 7.17. The van der Waals surface area contributed by atoms with Crippen LogP contribution >= 0.6 is 27.7 Å². The summed E-state index contributed by atoms with van der Waals surface area (Å²) in [5, 5.41) is 0.394. The van der Waals surface area contributed by atoms with E-state index in [-0.39, 0.29) is 17.8 Å². The maximum atomic E-state index is 12.7. The Morgan fingerprint density at radius 2 is 2.28 bits per heavy atom. The number of carbonyl (C=O) groups is 2. The van der Waals surface area contributed by atoms with Crippen LogP contribution in [0, 0.1) is 0 Å². The normalized spacial score (nSPS) is 22.6. The molecule has 1 aromatic carbocycles. The quantitative estimate of drug-likeness (QED) is 0.548. The summed E-state index contributed by atoms with van der Waals surface area (Å²) in [6.07, 6.45) is 1.51. The van der Waals surface area contributed by atoms with Crippen molar-refractivity contribution in [1.82, 2.24) is 4.90 Å². The van der Waals surface area contributed by atoms with Gasteiger partial charge in [-0.05, 0) is 31.5 Å². The van der Waals surface area contributed by atoms with Crippen LogP contribution in [0.4, 0.5) is 0 Å². The molecule has 130 valence electrons. The van der Waals surface area contributed by atoms with E-state index in [9.17, 15) is 9.59 Å². The summed E-state index contributed by atoms with van der Waals surface area (Å²) in [5.74, 6) is -0.544. The van der Waals surface area contributed by atoms with E-state index < -0.39 is 12.0 Å². The summed E-state index contributed by atoms with van der Waals surface area (Å²) in [4.78, 5) is 31.5. The lowest BCUT2D eigenvalue weighted by atomic mass is 9.94. The smallest absolute Gasteiger partial charge is 0.338 e.